The first-order valence-corrected chi connectivity index (χ1v) is 9.74. The summed E-state index contributed by atoms with van der Waals surface area (Å²) in [6.07, 6.45) is 3.65. The van der Waals surface area contributed by atoms with Crippen LogP contribution in [0.2, 0.25) is 0 Å². The van der Waals surface area contributed by atoms with Crippen molar-refractivity contribution in [3.63, 3.8) is 0 Å². The summed E-state index contributed by atoms with van der Waals surface area (Å²) >= 11 is 0. The molecule has 6 heteroatoms. The zero-order chi connectivity index (χ0) is 20.4. The quantitative estimate of drug-likeness (QED) is 0.786. The van der Waals surface area contributed by atoms with Crippen LogP contribution in [0.15, 0.2) is 66.7 Å². The number of carbonyl (C=O) groups is 2. The second-order valence-corrected chi connectivity index (χ2v) is 7.62. The number of nitrogens with zero attached hydrogens (tertiary/aromatic N) is 2. The number of carbonyl (C=O) groups excluding carboxylic acids is 2. The Bertz CT molecular complexity index is 946. The number of hydrogen-bond donors (Lipinski definition) is 0. The van der Waals surface area contributed by atoms with Crippen LogP contribution in [0, 0.1) is 11.7 Å². The van der Waals surface area contributed by atoms with Gasteiger partial charge in [0, 0.05) is 30.8 Å². The van der Waals surface area contributed by atoms with Crippen LogP contribution < -0.4 is 4.90 Å². The number of hydrogen-bond acceptors (Lipinski definition) is 3. The molecule has 2 amide bonds. The highest BCUT2D eigenvalue weighted by atomic mass is 19.1. The molecule has 0 bridgehead atoms. The van der Waals surface area contributed by atoms with E-state index in [0.29, 0.717) is 25.2 Å². The monoisotopic (exact) mass is 394 g/mol. The first kappa shape index (κ1) is 19.2. The molecule has 150 valence electrons. The van der Waals surface area contributed by atoms with E-state index in [0.717, 1.165) is 5.56 Å². The van der Waals surface area contributed by atoms with Gasteiger partial charge in [-0.15, -0.1) is 0 Å². The highest BCUT2D eigenvalue weighted by molar-refractivity contribution is 6.06. The summed E-state index contributed by atoms with van der Waals surface area (Å²) in [4.78, 5) is 28.5. The van der Waals surface area contributed by atoms with Crippen molar-refractivity contribution in [1.29, 1.82) is 0 Å². The highest BCUT2D eigenvalue weighted by Gasteiger charge is 2.49. The fraction of sp³-hybridized carbons (Fsp3) is 0.304. The SMILES string of the molecule is CC1CN(C(=O)OCc2ccccc2)CCC12C=CC(=O)N2c1cccc(F)c1. The molecule has 0 radical (unpaired) electrons. The lowest BCUT2D eigenvalue weighted by molar-refractivity contribution is -0.114. The van der Waals surface area contributed by atoms with Crippen molar-refractivity contribution in [2.45, 2.75) is 25.5 Å². The lowest BCUT2D eigenvalue weighted by Gasteiger charge is -2.48. The molecule has 4 rings (SSSR count). The lowest BCUT2D eigenvalue weighted by Crippen LogP contribution is -2.59. The van der Waals surface area contributed by atoms with E-state index in [1.807, 2.05) is 43.3 Å². The van der Waals surface area contributed by atoms with Crippen LogP contribution in [0.4, 0.5) is 14.9 Å². The Morgan fingerprint density at radius 3 is 2.72 bits per heavy atom. The van der Waals surface area contributed by atoms with E-state index in [1.54, 1.807) is 28.0 Å². The fourth-order valence-corrected chi connectivity index (χ4v) is 4.25. The van der Waals surface area contributed by atoms with E-state index in [2.05, 4.69) is 0 Å². The van der Waals surface area contributed by atoms with E-state index in [9.17, 15) is 14.0 Å². The number of amides is 2. The van der Waals surface area contributed by atoms with Gasteiger partial charge in [0.1, 0.15) is 12.4 Å². The van der Waals surface area contributed by atoms with Gasteiger partial charge in [-0.05, 0) is 30.2 Å². The largest absolute Gasteiger partial charge is 0.445 e. The summed E-state index contributed by atoms with van der Waals surface area (Å²) in [5.74, 6) is -0.582. The van der Waals surface area contributed by atoms with Crippen LogP contribution in [-0.4, -0.2) is 35.5 Å². The van der Waals surface area contributed by atoms with Crippen molar-refractivity contribution < 1.29 is 18.7 Å². The second-order valence-electron chi connectivity index (χ2n) is 7.62. The summed E-state index contributed by atoms with van der Waals surface area (Å²) in [5.41, 5.74) is 0.900. The number of likely N-dealkylation sites (tertiary alicyclic amines) is 1. The van der Waals surface area contributed by atoms with Gasteiger partial charge in [-0.3, -0.25) is 9.69 Å². The number of anilines is 1. The lowest BCUT2D eigenvalue weighted by atomic mass is 9.78. The highest BCUT2D eigenvalue weighted by Crippen LogP contribution is 2.41. The summed E-state index contributed by atoms with van der Waals surface area (Å²) in [6.45, 7) is 3.15. The minimum absolute atomic E-state index is 0.0357. The number of ether oxygens (including phenoxy) is 1. The molecule has 2 aromatic rings. The fourth-order valence-electron chi connectivity index (χ4n) is 4.25. The maximum Gasteiger partial charge on any atom is 0.410 e. The Labute approximate surface area is 169 Å². The molecule has 2 aliphatic heterocycles. The molecule has 1 fully saturated rings. The molecule has 2 aliphatic rings. The Kier molecular flexibility index (Phi) is 5.09. The predicted molar refractivity (Wildman–Crippen MR) is 108 cm³/mol. The normalized spacial score (nSPS) is 23.7. The third-order valence-electron chi connectivity index (χ3n) is 5.81. The van der Waals surface area contributed by atoms with E-state index >= 15 is 0 Å². The smallest absolute Gasteiger partial charge is 0.410 e. The zero-order valence-corrected chi connectivity index (χ0v) is 16.3. The predicted octanol–water partition coefficient (Wildman–Crippen LogP) is 4.15. The molecular weight excluding hydrogens is 371 g/mol. The summed E-state index contributed by atoms with van der Waals surface area (Å²) in [5, 5.41) is 0. The molecule has 0 saturated carbocycles. The number of rotatable bonds is 3. The van der Waals surface area contributed by atoms with E-state index < -0.39 is 5.54 Å². The van der Waals surface area contributed by atoms with Crippen molar-refractivity contribution >= 4 is 17.7 Å². The van der Waals surface area contributed by atoms with Crippen LogP contribution in [0.1, 0.15) is 18.9 Å². The molecule has 0 aliphatic carbocycles. The number of halogens is 1. The van der Waals surface area contributed by atoms with E-state index in [4.69, 9.17) is 4.74 Å². The van der Waals surface area contributed by atoms with Crippen molar-refractivity contribution in [2.24, 2.45) is 5.92 Å². The van der Waals surface area contributed by atoms with Gasteiger partial charge in [0.2, 0.25) is 0 Å². The van der Waals surface area contributed by atoms with Gasteiger partial charge in [0.25, 0.3) is 5.91 Å². The Morgan fingerprint density at radius 1 is 1.21 bits per heavy atom. The number of benzene rings is 2. The van der Waals surface area contributed by atoms with Crippen LogP contribution in [0.25, 0.3) is 0 Å². The molecule has 1 spiro atoms. The molecule has 2 unspecified atom stereocenters. The molecular formula is C23H23FN2O3. The van der Waals surface area contributed by atoms with Crippen molar-refractivity contribution in [3.8, 4) is 0 Å². The molecule has 2 heterocycles. The van der Waals surface area contributed by atoms with Crippen LogP contribution >= 0.6 is 0 Å². The second kappa shape index (κ2) is 7.70. The zero-order valence-electron chi connectivity index (χ0n) is 16.3. The van der Waals surface area contributed by atoms with E-state index in [-0.39, 0.29) is 30.3 Å². The summed E-state index contributed by atoms with van der Waals surface area (Å²) in [7, 11) is 0. The third-order valence-corrected chi connectivity index (χ3v) is 5.81. The molecule has 0 N–H and O–H groups in total. The molecule has 5 nitrogen and oxygen atoms in total. The van der Waals surface area contributed by atoms with Gasteiger partial charge in [0.15, 0.2) is 0 Å². The van der Waals surface area contributed by atoms with Gasteiger partial charge < -0.3 is 9.64 Å². The van der Waals surface area contributed by atoms with Crippen LogP contribution in [-0.2, 0) is 16.1 Å². The Hall–Kier alpha value is -3.15. The Morgan fingerprint density at radius 2 is 2.00 bits per heavy atom. The average Bonchev–Trinajstić information content (AvgIpc) is 3.06. The van der Waals surface area contributed by atoms with Crippen molar-refractivity contribution in [1.82, 2.24) is 4.90 Å². The van der Waals surface area contributed by atoms with E-state index in [1.165, 1.54) is 12.1 Å². The average molecular weight is 394 g/mol. The van der Waals surface area contributed by atoms with Gasteiger partial charge in [-0.25, -0.2) is 9.18 Å². The van der Waals surface area contributed by atoms with Crippen molar-refractivity contribution in [2.75, 3.05) is 18.0 Å². The summed E-state index contributed by atoms with van der Waals surface area (Å²) in [6, 6.07) is 15.6. The minimum Gasteiger partial charge on any atom is -0.445 e. The van der Waals surface area contributed by atoms with Gasteiger partial charge in [0.05, 0.1) is 5.54 Å². The van der Waals surface area contributed by atoms with Gasteiger partial charge in [-0.2, -0.15) is 0 Å². The molecule has 1 saturated heterocycles. The molecule has 29 heavy (non-hydrogen) atoms. The standard InChI is InChI=1S/C23H23FN2O3/c1-17-15-25(22(28)29-16-18-6-3-2-4-7-18)13-12-23(17)11-10-21(27)26(23)20-9-5-8-19(24)14-20/h2-11,14,17H,12-13,15-16H2,1H3. The minimum atomic E-state index is -0.568. The molecule has 2 atom stereocenters. The molecule has 0 aromatic heterocycles. The maximum absolute atomic E-state index is 13.8. The third kappa shape index (κ3) is 3.62. The maximum atomic E-state index is 13.8. The van der Waals surface area contributed by atoms with Crippen molar-refractivity contribution in [3.05, 3.63) is 78.1 Å². The first-order valence-electron chi connectivity index (χ1n) is 9.74. The van der Waals surface area contributed by atoms with Gasteiger partial charge >= 0.3 is 6.09 Å². The molecule has 2 aromatic carbocycles. The topological polar surface area (TPSA) is 49.9 Å². The van der Waals surface area contributed by atoms with Gasteiger partial charge in [-0.1, -0.05) is 49.4 Å². The Balaban J connectivity index is 1.47. The van der Waals surface area contributed by atoms with Crippen LogP contribution in [0.5, 0.6) is 0 Å². The number of piperidine rings is 1. The summed E-state index contributed by atoms with van der Waals surface area (Å²) < 4.78 is 19.2. The van der Waals surface area contributed by atoms with Crippen LogP contribution in [0.3, 0.4) is 0 Å². The first-order chi connectivity index (χ1) is 14.0.